The van der Waals surface area contributed by atoms with Gasteiger partial charge >= 0.3 is 0 Å². The van der Waals surface area contributed by atoms with Gasteiger partial charge in [-0.2, -0.15) is 0 Å². The van der Waals surface area contributed by atoms with Crippen molar-refractivity contribution in [2.45, 2.75) is 18.6 Å². The second kappa shape index (κ2) is 5.70. The molecule has 8 nitrogen and oxygen atoms in total. The Balaban J connectivity index is 2.33. The summed E-state index contributed by atoms with van der Waals surface area (Å²) in [6, 6.07) is 0.504. The van der Waals surface area contributed by atoms with E-state index in [-0.39, 0.29) is 36.0 Å². The first-order valence-corrected chi connectivity index (χ1v) is 6.21. The molecule has 0 aliphatic carbocycles. The van der Waals surface area contributed by atoms with E-state index < -0.39 is 23.0 Å². The fraction of sp³-hybridized carbons (Fsp3) is 0.455. The Morgan fingerprint density at radius 2 is 2.35 bits per heavy atom. The van der Waals surface area contributed by atoms with Crippen molar-refractivity contribution in [3.63, 3.8) is 0 Å². The van der Waals surface area contributed by atoms with Crippen molar-refractivity contribution in [1.29, 1.82) is 0 Å². The molecule has 0 spiro atoms. The Labute approximate surface area is 118 Å². The van der Waals surface area contributed by atoms with Crippen LogP contribution in [0.1, 0.15) is 16.8 Å². The number of aromatic nitrogens is 1. The SMILES string of the molecule is O=C(c1cc([N+](=O)[O-])cnc1Cl)N1C[C@H](O)C[C@H]1CO. The number of nitrogens with zero attached hydrogens (tertiary/aromatic N) is 3. The van der Waals surface area contributed by atoms with Gasteiger partial charge in [0.05, 0.1) is 29.2 Å². The van der Waals surface area contributed by atoms with Crippen LogP contribution < -0.4 is 0 Å². The maximum Gasteiger partial charge on any atom is 0.288 e. The van der Waals surface area contributed by atoms with Crippen LogP contribution in [0.15, 0.2) is 12.3 Å². The Morgan fingerprint density at radius 3 is 2.95 bits per heavy atom. The Morgan fingerprint density at radius 1 is 1.65 bits per heavy atom. The molecule has 20 heavy (non-hydrogen) atoms. The maximum absolute atomic E-state index is 12.3. The van der Waals surface area contributed by atoms with Gasteiger partial charge in [-0.15, -0.1) is 0 Å². The molecule has 1 aromatic heterocycles. The summed E-state index contributed by atoms with van der Waals surface area (Å²) in [6.07, 6.45) is 0.477. The zero-order valence-electron chi connectivity index (χ0n) is 10.3. The van der Waals surface area contributed by atoms with Gasteiger partial charge in [0.15, 0.2) is 0 Å². The molecular formula is C11H12ClN3O5. The quantitative estimate of drug-likeness (QED) is 0.468. The van der Waals surface area contributed by atoms with E-state index in [1.54, 1.807) is 0 Å². The number of rotatable bonds is 3. The molecule has 2 atom stereocenters. The van der Waals surface area contributed by atoms with Crippen molar-refractivity contribution in [3.05, 3.63) is 33.1 Å². The molecule has 1 amide bonds. The van der Waals surface area contributed by atoms with Gasteiger partial charge in [0.25, 0.3) is 11.6 Å². The van der Waals surface area contributed by atoms with E-state index >= 15 is 0 Å². The van der Waals surface area contributed by atoms with Crippen molar-refractivity contribution in [3.8, 4) is 0 Å². The summed E-state index contributed by atoms with van der Waals surface area (Å²) in [4.78, 5) is 27.2. The number of likely N-dealkylation sites (tertiary alicyclic amines) is 1. The Bertz CT molecular complexity index is 553. The molecule has 2 N–H and O–H groups in total. The lowest BCUT2D eigenvalue weighted by molar-refractivity contribution is -0.385. The normalized spacial score (nSPS) is 22.1. The molecule has 9 heteroatoms. The minimum atomic E-state index is -0.735. The van der Waals surface area contributed by atoms with Crippen molar-refractivity contribution in [1.82, 2.24) is 9.88 Å². The number of aliphatic hydroxyl groups excluding tert-OH is 2. The highest BCUT2D eigenvalue weighted by molar-refractivity contribution is 6.32. The first-order valence-electron chi connectivity index (χ1n) is 5.84. The lowest BCUT2D eigenvalue weighted by Gasteiger charge is -2.22. The minimum absolute atomic E-state index is 0.0447. The molecule has 1 fully saturated rings. The largest absolute Gasteiger partial charge is 0.394 e. The van der Waals surface area contributed by atoms with Gasteiger partial charge in [-0.25, -0.2) is 4.98 Å². The predicted molar refractivity (Wildman–Crippen MR) is 68.4 cm³/mol. The molecule has 2 heterocycles. The molecular weight excluding hydrogens is 290 g/mol. The molecule has 1 aromatic rings. The maximum atomic E-state index is 12.3. The molecule has 1 saturated heterocycles. The van der Waals surface area contributed by atoms with Gasteiger partial charge < -0.3 is 15.1 Å². The number of halogens is 1. The van der Waals surface area contributed by atoms with Gasteiger partial charge in [0, 0.05) is 12.6 Å². The Hall–Kier alpha value is -1.77. The second-order valence-corrected chi connectivity index (χ2v) is 4.83. The highest BCUT2D eigenvalue weighted by Crippen LogP contribution is 2.25. The number of amides is 1. The monoisotopic (exact) mass is 301 g/mol. The number of aliphatic hydroxyl groups is 2. The highest BCUT2D eigenvalue weighted by Gasteiger charge is 2.35. The molecule has 0 aromatic carbocycles. The molecule has 0 unspecified atom stereocenters. The van der Waals surface area contributed by atoms with E-state index in [9.17, 15) is 25.1 Å². The van der Waals surface area contributed by atoms with E-state index in [4.69, 9.17) is 11.6 Å². The van der Waals surface area contributed by atoms with Crippen LogP contribution in [0.4, 0.5) is 5.69 Å². The summed E-state index contributed by atoms with van der Waals surface area (Å²) >= 11 is 5.80. The molecule has 1 aliphatic rings. The number of carbonyl (C=O) groups is 1. The molecule has 0 radical (unpaired) electrons. The molecule has 0 bridgehead atoms. The summed E-state index contributed by atoms with van der Waals surface area (Å²) in [7, 11) is 0. The fourth-order valence-corrected chi connectivity index (χ4v) is 2.34. The first kappa shape index (κ1) is 14.6. The zero-order chi connectivity index (χ0) is 14.9. The van der Waals surface area contributed by atoms with Crippen LogP contribution in [0, 0.1) is 10.1 Å². The van der Waals surface area contributed by atoms with Gasteiger partial charge in [0.2, 0.25) is 0 Å². The topological polar surface area (TPSA) is 117 Å². The summed E-state index contributed by atoms with van der Waals surface area (Å²) < 4.78 is 0. The lowest BCUT2D eigenvalue weighted by atomic mass is 10.2. The first-order chi connectivity index (χ1) is 9.43. The van der Waals surface area contributed by atoms with Crippen molar-refractivity contribution in [2.24, 2.45) is 0 Å². The van der Waals surface area contributed by atoms with E-state index in [1.165, 1.54) is 4.90 Å². The summed E-state index contributed by atoms with van der Waals surface area (Å²) in [5.74, 6) is -0.596. The third-order valence-corrected chi connectivity index (χ3v) is 3.43. The smallest absolute Gasteiger partial charge is 0.288 e. The predicted octanol–water partition coefficient (Wildman–Crippen LogP) is 0.211. The number of carbonyl (C=O) groups excluding carboxylic acids is 1. The Kier molecular flexibility index (Phi) is 4.17. The summed E-state index contributed by atoms with van der Waals surface area (Å²) in [5, 5.41) is 29.3. The standard InChI is InChI=1S/C11H12ClN3O5/c12-10-9(2-6(3-13-10)15(19)20)11(18)14-4-8(17)1-7(14)5-16/h2-3,7-8,16-17H,1,4-5H2/t7-,8+/m0/s1. The van der Waals surface area contributed by atoms with Crippen LogP contribution in [0.5, 0.6) is 0 Å². The fourth-order valence-electron chi connectivity index (χ4n) is 2.16. The van der Waals surface area contributed by atoms with Crippen molar-refractivity contribution in [2.75, 3.05) is 13.2 Å². The minimum Gasteiger partial charge on any atom is -0.394 e. The van der Waals surface area contributed by atoms with E-state index in [1.807, 2.05) is 0 Å². The molecule has 2 rings (SSSR count). The molecule has 0 saturated carbocycles. The van der Waals surface area contributed by atoms with Crippen molar-refractivity contribution < 1.29 is 19.9 Å². The molecule has 108 valence electrons. The van der Waals surface area contributed by atoms with E-state index in [0.29, 0.717) is 0 Å². The third kappa shape index (κ3) is 2.72. The van der Waals surface area contributed by atoms with Crippen molar-refractivity contribution >= 4 is 23.2 Å². The van der Waals surface area contributed by atoms with Crippen LogP contribution in [0.3, 0.4) is 0 Å². The number of pyridine rings is 1. The average Bonchev–Trinajstić information content (AvgIpc) is 2.79. The number of β-amino-alcohol motifs (C(OH)–C–C–N with tert-alkyl or cyclic N) is 1. The van der Waals surface area contributed by atoms with Crippen LogP contribution in [0.25, 0.3) is 0 Å². The van der Waals surface area contributed by atoms with Crippen LogP contribution in [0.2, 0.25) is 5.15 Å². The summed E-state index contributed by atoms with van der Waals surface area (Å²) in [5.41, 5.74) is -0.466. The van der Waals surface area contributed by atoms with Gasteiger partial charge in [-0.3, -0.25) is 14.9 Å². The van der Waals surface area contributed by atoms with Gasteiger partial charge in [0.1, 0.15) is 11.3 Å². The van der Waals surface area contributed by atoms with Gasteiger partial charge in [-0.1, -0.05) is 11.6 Å². The highest BCUT2D eigenvalue weighted by atomic mass is 35.5. The number of nitro groups is 1. The lowest BCUT2D eigenvalue weighted by Crippen LogP contribution is -2.38. The average molecular weight is 302 g/mol. The van der Waals surface area contributed by atoms with E-state index in [2.05, 4.69) is 4.98 Å². The van der Waals surface area contributed by atoms with Crippen LogP contribution in [-0.2, 0) is 0 Å². The summed E-state index contributed by atoms with van der Waals surface area (Å²) in [6.45, 7) is -0.258. The number of hydrogen-bond acceptors (Lipinski definition) is 6. The van der Waals surface area contributed by atoms with Crippen LogP contribution >= 0.6 is 11.6 Å². The zero-order valence-corrected chi connectivity index (χ0v) is 11.0. The third-order valence-electron chi connectivity index (χ3n) is 3.13. The number of hydrogen-bond donors (Lipinski definition) is 2. The van der Waals surface area contributed by atoms with E-state index in [0.717, 1.165) is 12.3 Å². The second-order valence-electron chi connectivity index (χ2n) is 4.47. The van der Waals surface area contributed by atoms with Gasteiger partial charge in [-0.05, 0) is 6.42 Å². The molecule has 1 aliphatic heterocycles. The van der Waals surface area contributed by atoms with Crippen LogP contribution in [-0.4, -0.2) is 56.2 Å².